The van der Waals surface area contributed by atoms with Crippen LogP contribution in [-0.2, 0) is 26.4 Å². The van der Waals surface area contributed by atoms with Crippen LogP contribution in [0.3, 0.4) is 0 Å². The van der Waals surface area contributed by atoms with Gasteiger partial charge in [0.25, 0.3) is 10.4 Å². The lowest BCUT2D eigenvalue weighted by molar-refractivity contribution is 0.0309. The van der Waals surface area contributed by atoms with Crippen LogP contribution in [0.1, 0.15) is 23.0 Å². The van der Waals surface area contributed by atoms with Crippen LogP contribution in [0.2, 0.25) is 0 Å². The highest BCUT2D eigenvalue weighted by molar-refractivity contribution is 7.81. The molecule has 1 fully saturated rings. The molecule has 1 aliphatic rings. The van der Waals surface area contributed by atoms with Gasteiger partial charge in [0.05, 0.1) is 33.5 Å². The van der Waals surface area contributed by atoms with Crippen molar-refractivity contribution in [2.45, 2.75) is 13.5 Å². The molecule has 2 heterocycles. The lowest BCUT2D eigenvalue weighted by atomic mass is 10.1. The largest absolute Gasteiger partial charge is 0.716 e. The number of benzene rings is 1. The second-order valence-corrected chi connectivity index (χ2v) is 6.98. The van der Waals surface area contributed by atoms with Crippen LogP contribution in [-0.4, -0.2) is 63.9 Å². The summed E-state index contributed by atoms with van der Waals surface area (Å²) in [6.07, 6.45) is 0. The summed E-state index contributed by atoms with van der Waals surface area (Å²) in [5.74, 6) is -0.617. The van der Waals surface area contributed by atoms with Crippen molar-refractivity contribution >= 4 is 27.3 Å². The summed E-state index contributed by atoms with van der Waals surface area (Å²) in [5, 5.41) is 0.265. The highest BCUT2D eigenvalue weighted by Gasteiger charge is 2.26. The lowest BCUT2D eigenvalue weighted by Gasteiger charge is -2.25. The number of furan rings is 1. The van der Waals surface area contributed by atoms with Gasteiger partial charge < -0.3 is 27.4 Å². The van der Waals surface area contributed by atoms with Gasteiger partial charge in [0.15, 0.2) is 11.5 Å². The molecule has 0 amide bonds. The fourth-order valence-electron chi connectivity index (χ4n) is 2.99. The van der Waals surface area contributed by atoms with Crippen LogP contribution >= 0.6 is 0 Å². The Kier molecular flexibility index (Phi) is 6.08. The molecule has 1 aromatic carbocycles. The van der Waals surface area contributed by atoms with Gasteiger partial charge in [-0.15, -0.1) is 0 Å². The number of fused-ring (bicyclic) bond motifs is 1. The smallest absolute Gasteiger partial charge is 0.342 e. The number of esters is 1. The zero-order valence-electron chi connectivity index (χ0n) is 15.4. The molecule has 0 atom stereocenters. The van der Waals surface area contributed by atoms with Gasteiger partial charge >= 0.3 is 5.97 Å². The number of hydrogen-bond donors (Lipinski definition) is 0. The number of ether oxygens (including phenoxy) is 3. The van der Waals surface area contributed by atoms with Gasteiger partial charge in [-0.3, -0.25) is 4.90 Å². The standard InChI is InChI=1S/C17H21NO9S/c1-3-25-17(19)16-11-8-14(27-28(20,21)22)13(23-2)9-12(11)26-15(16)10-18-4-6-24-7-5-18/h8-9H,3-7,10H2,1-2H3,(H,20,21,22)/p-1. The Morgan fingerprint density at radius 2 is 1.96 bits per heavy atom. The Labute approximate surface area is 161 Å². The molecule has 0 N–H and O–H groups in total. The Morgan fingerprint density at radius 1 is 1.25 bits per heavy atom. The molecule has 11 heteroatoms. The summed E-state index contributed by atoms with van der Waals surface area (Å²) in [5.41, 5.74) is 0.429. The minimum Gasteiger partial charge on any atom is -0.716 e. The molecule has 1 aromatic heterocycles. The molecule has 3 rings (SSSR count). The fraction of sp³-hybridized carbons (Fsp3) is 0.471. The summed E-state index contributed by atoms with van der Waals surface area (Å²) >= 11 is 0. The van der Waals surface area contributed by atoms with Gasteiger partial charge in [0, 0.05) is 24.5 Å². The van der Waals surface area contributed by atoms with E-state index in [0.29, 0.717) is 38.6 Å². The second-order valence-electron chi connectivity index (χ2n) is 6.00. The van der Waals surface area contributed by atoms with Crippen molar-refractivity contribution in [1.29, 1.82) is 0 Å². The van der Waals surface area contributed by atoms with Crippen LogP contribution in [0, 0.1) is 0 Å². The van der Waals surface area contributed by atoms with Crippen molar-refractivity contribution in [1.82, 2.24) is 4.90 Å². The highest BCUT2D eigenvalue weighted by atomic mass is 32.3. The third-order valence-corrected chi connectivity index (χ3v) is 4.57. The van der Waals surface area contributed by atoms with Gasteiger partial charge in [-0.05, 0) is 13.0 Å². The first-order valence-electron chi connectivity index (χ1n) is 8.58. The Bertz CT molecular complexity index is 961. The van der Waals surface area contributed by atoms with Crippen molar-refractivity contribution in [2.24, 2.45) is 0 Å². The quantitative estimate of drug-likeness (QED) is 0.371. The topological polar surface area (TPSA) is 128 Å². The van der Waals surface area contributed by atoms with E-state index in [-0.39, 0.29) is 34.6 Å². The normalized spacial score (nSPS) is 15.5. The first-order chi connectivity index (χ1) is 13.3. The van der Waals surface area contributed by atoms with E-state index < -0.39 is 16.4 Å². The predicted molar refractivity (Wildman–Crippen MR) is 95.1 cm³/mol. The molecule has 1 saturated heterocycles. The Morgan fingerprint density at radius 3 is 2.57 bits per heavy atom. The van der Waals surface area contributed by atoms with E-state index in [1.165, 1.54) is 19.2 Å². The lowest BCUT2D eigenvalue weighted by Crippen LogP contribution is -2.35. The molecule has 0 unspecified atom stereocenters. The maximum atomic E-state index is 12.6. The minimum atomic E-state index is -5.04. The van der Waals surface area contributed by atoms with Gasteiger partial charge in [-0.2, -0.15) is 0 Å². The molecule has 0 aliphatic carbocycles. The van der Waals surface area contributed by atoms with E-state index in [0.717, 1.165) is 0 Å². The van der Waals surface area contributed by atoms with E-state index in [2.05, 4.69) is 9.08 Å². The molecule has 0 spiro atoms. The van der Waals surface area contributed by atoms with E-state index >= 15 is 0 Å². The molecular formula is C17H20NO9S-. The van der Waals surface area contributed by atoms with Crippen molar-refractivity contribution in [2.75, 3.05) is 40.0 Å². The molecule has 0 bridgehead atoms. The molecular weight excluding hydrogens is 394 g/mol. The number of nitrogens with zero attached hydrogens (tertiary/aromatic N) is 1. The molecule has 0 saturated carbocycles. The third kappa shape index (κ3) is 4.55. The summed E-state index contributed by atoms with van der Waals surface area (Å²) in [4.78, 5) is 14.6. The minimum absolute atomic E-state index is 0.0194. The van der Waals surface area contributed by atoms with Crippen LogP contribution in [0.5, 0.6) is 11.5 Å². The Balaban J connectivity index is 2.10. The van der Waals surface area contributed by atoms with Crippen molar-refractivity contribution < 1.29 is 40.6 Å². The van der Waals surface area contributed by atoms with Crippen LogP contribution in [0.4, 0.5) is 0 Å². The number of hydrogen-bond acceptors (Lipinski definition) is 10. The molecule has 2 aromatic rings. The second kappa shape index (κ2) is 8.35. The summed E-state index contributed by atoms with van der Waals surface area (Å²) in [6, 6.07) is 2.59. The Hall–Kier alpha value is -2.34. The van der Waals surface area contributed by atoms with E-state index in [9.17, 15) is 17.8 Å². The summed E-state index contributed by atoms with van der Waals surface area (Å²) < 4.78 is 58.9. The maximum Gasteiger partial charge on any atom is 0.342 e. The molecule has 0 radical (unpaired) electrons. The van der Waals surface area contributed by atoms with Crippen LogP contribution in [0.15, 0.2) is 16.5 Å². The monoisotopic (exact) mass is 414 g/mol. The predicted octanol–water partition coefficient (Wildman–Crippen LogP) is 1.29. The van der Waals surface area contributed by atoms with Gasteiger partial charge in [-0.1, -0.05) is 0 Å². The first-order valence-corrected chi connectivity index (χ1v) is 9.91. The van der Waals surface area contributed by atoms with Crippen molar-refractivity contribution in [3.8, 4) is 11.5 Å². The maximum absolute atomic E-state index is 12.6. The number of carbonyl (C=O) groups excluding carboxylic acids is 1. The van der Waals surface area contributed by atoms with Crippen LogP contribution in [0.25, 0.3) is 11.0 Å². The third-order valence-electron chi connectivity index (χ3n) is 4.19. The van der Waals surface area contributed by atoms with E-state index in [1.54, 1.807) is 6.92 Å². The van der Waals surface area contributed by atoms with E-state index in [4.69, 9.17) is 18.6 Å². The summed E-state index contributed by atoms with van der Waals surface area (Å²) in [6.45, 7) is 4.64. The van der Waals surface area contributed by atoms with Gasteiger partial charge in [-0.25, -0.2) is 13.2 Å². The molecule has 1 aliphatic heterocycles. The van der Waals surface area contributed by atoms with Crippen LogP contribution < -0.4 is 8.92 Å². The number of methoxy groups -OCH3 is 1. The molecule has 154 valence electrons. The highest BCUT2D eigenvalue weighted by Crippen LogP contribution is 2.38. The number of rotatable bonds is 7. The number of carbonyl (C=O) groups is 1. The van der Waals surface area contributed by atoms with Crippen molar-refractivity contribution in [3.05, 3.63) is 23.5 Å². The zero-order chi connectivity index (χ0) is 20.3. The summed E-state index contributed by atoms with van der Waals surface area (Å²) in [7, 11) is -3.75. The van der Waals surface area contributed by atoms with Crippen molar-refractivity contribution in [3.63, 3.8) is 0 Å². The SMILES string of the molecule is CCOC(=O)c1c(CN2CCOCC2)oc2cc(OC)c(OS(=O)(=O)[O-])cc12. The average Bonchev–Trinajstić information content (AvgIpc) is 2.97. The first kappa shape index (κ1) is 20.4. The molecule has 10 nitrogen and oxygen atoms in total. The number of morpholine rings is 1. The zero-order valence-corrected chi connectivity index (χ0v) is 16.2. The van der Waals surface area contributed by atoms with E-state index in [1.807, 2.05) is 0 Å². The molecule has 28 heavy (non-hydrogen) atoms. The van der Waals surface area contributed by atoms with Gasteiger partial charge in [0.1, 0.15) is 16.9 Å². The fourth-order valence-corrected chi connectivity index (χ4v) is 3.34. The average molecular weight is 414 g/mol. The van der Waals surface area contributed by atoms with Gasteiger partial charge in [0.2, 0.25) is 0 Å².